The van der Waals surface area contributed by atoms with Gasteiger partial charge in [0.1, 0.15) is 11.2 Å². The second-order valence-corrected chi connectivity index (χ2v) is 15.1. The van der Waals surface area contributed by atoms with Crippen molar-refractivity contribution in [3.05, 3.63) is 200 Å². The Hall–Kier alpha value is -6.94. The standard InChI is InChI=1S/C52H33NOS/c1-2-10-34(11-3-1)35-20-27-39(28-21-35)53(41-31-24-38(25-32-41)43-16-9-19-49-51(43)45-14-6-7-18-48(45)55-49)40-29-22-37(23-30-40)42-15-8-17-47-50(42)46-33-26-36-12-4-5-13-44(36)52(46)54-47/h1-33H. The molecule has 0 aliphatic rings. The molecule has 11 aromatic rings. The molecule has 0 saturated heterocycles. The van der Waals surface area contributed by atoms with Crippen LogP contribution in [0.1, 0.15) is 0 Å². The number of hydrogen-bond acceptors (Lipinski definition) is 3. The molecule has 0 radical (unpaired) electrons. The van der Waals surface area contributed by atoms with Crippen molar-refractivity contribution in [3.8, 4) is 33.4 Å². The van der Waals surface area contributed by atoms with E-state index in [1.54, 1.807) is 0 Å². The molecule has 11 rings (SSSR count). The SMILES string of the molecule is c1ccc(-c2ccc(N(c3ccc(-c4cccc5oc6c7ccccc7ccc6c45)cc3)c3ccc(-c4cccc5sc6ccccc6c45)cc3)cc2)cc1. The average Bonchev–Trinajstić information content (AvgIpc) is 3.84. The quantitative estimate of drug-likeness (QED) is 0.170. The highest BCUT2D eigenvalue weighted by Crippen LogP contribution is 2.43. The Bertz CT molecular complexity index is 3170. The molecule has 3 heteroatoms. The van der Waals surface area contributed by atoms with Crippen LogP contribution in [0.25, 0.3) is 86.3 Å². The van der Waals surface area contributed by atoms with Crippen molar-refractivity contribution in [2.45, 2.75) is 0 Å². The fraction of sp³-hybridized carbons (Fsp3) is 0. The van der Waals surface area contributed by atoms with E-state index in [0.717, 1.165) is 55.5 Å². The van der Waals surface area contributed by atoms with E-state index in [1.165, 1.54) is 47.8 Å². The number of nitrogens with zero attached hydrogens (tertiary/aromatic N) is 1. The first kappa shape index (κ1) is 31.6. The van der Waals surface area contributed by atoms with Gasteiger partial charge in [0.2, 0.25) is 0 Å². The van der Waals surface area contributed by atoms with Crippen LogP contribution in [0.15, 0.2) is 205 Å². The molecule has 0 saturated carbocycles. The summed E-state index contributed by atoms with van der Waals surface area (Å²) in [5, 5.41) is 7.25. The molecule has 258 valence electrons. The third-order valence-corrected chi connectivity index (χ3v) is 12.0. The van der Waals surface area contributed by atoms with Crippen LogP contribution in [0.5, 0.6) is 0 Å². The first-order valence-electron chi connectivity index (χ1n) is 18.7. The lowest BCUT2D eigenvalue weighted by Crippen LogP contribution is -2.09. The third-order valence-electron chi connectivity index (χ3n) is 10.9. The van der Waals surface area contributed by atoms with E-state index in [-0.39, 0.29) is 0 Å². The highest BCUT2D eigenvalue weighted by atomic mass is 32.1. The van der Waals surface area contributed by atoms with Gasteiger partial charge in [-0.15, -0.1) is 11.3 Å². The van der Waals surface area contributed by atoms with Crippen LogP contribution in [0, 0.1) is 0 Å². The largest absolute Gasteiger partial charge is 0.455 e. The van der Waals surface area contributed by atoms with Gasteiger partial charge >= 0.3 is 0 Å². The van der Waals surface area contributed by atoms with E-state index in [0.29, 0.717) is 0 Å². The van der Waals surface area contributed by atoms with Crippen LogP contribution in [0.3, 0.4) is 0 Å². The van der Waals surface area contributed by atoms with Gasteiger partial charge < -0.3 is 9.32 Å². The van der Waals surface area contributed by atoms with Crippen LogP contribution < -0.4 is 4.90 Å². The van der Waals surface area contributed by atoms with Crippen molar-refractivity contribution in [2.75, 3.05) is 4.90 Å². The molecule has 2 heterocycles. The number of rotatable bonds is 6. The van der Waals surface area contributed by atoms with Gasteiger partial charge in [-0.1, -0.05) is 140 Å². The van der Waals surface area contributed by atoms with E-state index < -0.39 is 0 Å². The molecule has 0 amide bonds. The molecule has 0 fully saturated rings. The maximum absolute atomic E-state index is 6.52. The number of benzene rings is 9. The maximum Gasteiger partial charge on any atom is 0.143 e. The molecular weight excluding hydrogens is 687 g/mol. The lowest BCUT2D eigenvalue weighted by atomic mass is 9.97. The Balaban J connectivity index is 1.01. The van der Waals surface area contributed by atoms with Crippen LogP contribution in [0.4, 0.5) is 17.1 Å². The Kier molecular flexibility index (Phi) is 7.39. The molecule has 0 spiro atoms. The van der Waals surface area contributed by atoms with Crippen molar-refractivity contribution in [2.24, 2.45) is 0 Å². The van der Waals surface area contributed by atoms with Crippen LogP contribution in [0.2, 0.25) is 0 Å². The van der Waals surface area contributed by atoms with E-state index in [1.807, 2.05) is 11.3 Å². The first-order valence-corrected chi connectivity index (χ1v) is 19.5. The third kappa shape index (κ3) is 5.32. The van der Waals surface area contributed by atoms with Gasteiger partial charge in [0.15, 0.2) is 0 Å². The van der Waals surface area contributed by atoms with Gasteiger partial charge in [-0.05, 0) is 99.4 Å². The number of fused-ring (bicyclic) bond motifs is 8. The summed E-state index contributed by atoms with van der Waals surface area (Å²) in [7, 11) is 0. The number of hydrogen-bond donors (Lipinski definition) is 0. The Morgan fingerprint density at radius 1 is 0.345 bits per heavy atom. The van der Waals surface area contributed by atoms with E-state index >= 15 is 0 Å². The van der Waals surface area contributed by atoms with Crippen molar-refractivity contribution in [3.63, 3.8) is 0 Å². The van der Waals surface area contributed by atoms with Crippen LogP contribution in [-0.2, 0) is 0 Å². The molecular formula is C52H33NOS. The molecule has 2 nitrogen and oxygen atoms in total. The van der Waals surface area contributed by atoms with Crippen molar-refractivity contribution >= 4 is 81.3 Å². The molecule has 0 aliphatic heterocycles. The summed E-state index contributed by atoms with van der Waals surface area (Å²) in [6, 6.07) is 72.1. The molecule has 55 heavy (non-hydrogen) atoms. The minimum absolute atomic E-state index is 0.902. The summed E-state index contributed by atoms with van der Waals surface area (Å²) in [5.41, 5.74) is 12.3. The fourth-order valence-electron chi connectivity index (χ4n) is 8.27. The normalized spacial score (nSPS) is 11.6. The minimum Gasteiger partial charge on any atom is -0.455 e. The summed E-state index contributed by atoms with van der Waals surface area (Å²) in [4.78, 5) is 2.35. The minimum atomic E-state index is 0.902. The summed E-state index contributed by atoms with van der Waals surface area (Å²) in [5.74, 6) is 0. The summed E-state index contributed by atoms with van der Waals surface area (Å²) in [6.07, 6.45) is 0. The Morgan fingerprint density at radius 3 is 1.60 bits per heavy atom. The number of furan rings is 1. The number of anilines is 3. The highest BCUT2D eigenvalue weighted by Gasteiger charge is 2.18. The van der Waals surface area contributed by atoms with Crippen molar-refractivity contribution < 1.29 is 4.42 Å². The van der Waals surface area contributed by atoms with Crippen LogP contribution >= 0.6 is 11.3 Å². The zero-order valence-corrected chi connectivity index (χ0v) is 30.6. The van der Waals surface area contributed by atoms with E-state index in [2.05, 4.69) is 205 Å². The van der Waals surface area contributed by atoms with Crippen LogP contribution in [-0.4, -0.2) is 0 Å². The summed E-state index contributed by atoms with van der Waals surface area (Å²) in [6.45, 7) is 0. The summed E-state index contributed by atoms with van der Waals surface area (Å²) >= 11 is 1.86. The fourth-order valence-corrected chi connectivity index (χ4v) is 9.40. The molecule has 0 unspecified atom stereocenters. The smallest absolute Gasteiger partial charge is 0.143 e. The van der Waals surface area contributed by atoms with Gasteiger partial charge in [-0.3, -0.25) is 0 Å². The van der Waals surface area contributed by atoms with Gasteiger partial charge in [0.25, 0.3) is 0 Å². The predicted octanol–water partition coefficient (Wildman–Crippen LogP) is 15.6. The molecule has 9 aromatic carbocycles. The summed E-state index contributed by atoms with van der Waals surface area (Å²) < 4.78 is 9.16. The first-order chi connectivity index (χ1) is 27.3. The average molecular weight is 720 g/mol. The molecule has 0 bridgehead atoms. The van der Waals surface area contributed by atoms with E-state index in [4.69, 9.17) is 4.42 Å². The second kappa shape index (κ2) is 12.9. The molecule has 0 atom stereocenters. The molecule has 2 aromatic heterocycles. The van der Waals surface area contributed by atoms with Gasteiger partial charge in [-0.2, -0.15) is 0 Å². The van der Waals surface area contributed by atoms with E-state index in [9.17, 15) is 0 Å². The zero-order chi connectivity index (χ0) is 36.3. The van der Waals surface area contributed by atoms with Crippen molar-refractivity contribution in [1.82, 2.24) is 0 Å². The molecule has 0 N–H and O–H groups in total. The number of thiophene rings is 1. The highest BCUT2D eigenvalue weighted by molar-refractivity contribution is 7.25. The lowest BCUT2D eigenvalue weighted by Gasteiger charge is -2.26. The Morgan fingerprint density at radius 2 is 0.891 bits per heavy atom. The second-order valence-electron chi connectivity index (χ2n) is 14.1. The van der Waals surface area contributed by atoms with Gasteiger partial charge in [0.05, 0.1) is 0 Å². The lowest BCUT2D eigenvalue weighted by molar-refractivity contribution is 0.673. The molecule has 0 aliphatic carbocycles. The van der Waals surface area contributed by atoms with Crippen molar-refractivity contribution in [1.29, 1.82) is 0 Å². The zero-order valence-electron chi connectivity index (χ0n) is 29.8. The monoisotopic (exact) mass is 719 g/mol. The topological polar surface area (TPSA) is 16.4 Å². The van der Waals surface area contributed by atoms with Gasteiger partial charge in [-0.25, -0.2) is 0 Å². The maximum atomic E-state index is 6.52. The van der Waals surface area contributed by atoms with Gasteiger partial charge in [0, 0.05) is 53.4 Å². The predicted molar refractivity (Wildman–Crippen MR) is 235 cm³/mol. The Labute approximate surface area is 322 Å².